The number of hydrogen-bond acceptors (Lipinski definition) is 4. The standard InChI is InChI=1S/C19H27N3O4/c1-4-26-15-9-5-13(6-10-15)18(24)22-17(12(2)3)19(25)20-11-16(23)21-14-7-8-14/h5-6,9-10,12,14,17H,4,7-8,11H2,1-3H3,(H,20,25)(H,21,23)(H,22,24)/t17-/m0/s1. The first-order valence-electron chi connectivity index (χ1n) is 9.01. The molecule has 0 unspecified atom stereocenters. The van der Waals surface area contributed by atoms with Crippen LogP contribution in [-0.2, 0) is 9.59 Å². The summed E-state index contributed by atoms with van der Waals surface area (Å²) in [7, 11) is 0. The van der Waals surface area contributed by atoms with E-state index in [1.165, 1.54) is 0 Å². The number of carbonyl (C=O) groups is 3. The molecule has 7 heteroatoms. The molecule has 1 saturated carbocycles. The summed E-state index contributed by atoms with van der Waals surface area (Å²) >= 11 is 0. The Labute approximate surface area is 153 Å². The third-order valence-electron chi connectivity index (χ3n) is 4.03. The predicted molar refractivity (Wildman–Crippen MR) is 97.9 cm³/mol. The summed E-state index contributed by atoms with van der Waals surface area (Å²) in [5.74, 6) is -0.354. The van der Waals surface area contributed by atoms with Crippen LogP contribution in [0.3, 0.4) is 0 Å². The molecule has 2 rings (SSSR count). The highest BCUT2D eigenvalue weighted by Gasteiger charge is 2.26. The van der Waals surface area contributed by atoms with E-state index in [-0.39, 0.29) is 36.2 Å². The number of rotatable bonds is 9. The summed E-state index contributed by atoms with van der Waals surface area (Å²) < 4.78 is 5.35. The highest BCUT2D eigenvalue weighted by molar-refractivity contribution is 5.98. The van der Waals surface area contributed by atoms with Gasteiger partial charge in [0.1, 0.15) is 11.8 Å². The maximum Gasteiger partial charge on any atom is 0.251 e. The van der Waals surface area contributed by atoms with Gasteiger partial charge in [0, 0.05) is 11.6 Å². The van der Waals surface area contributed by atoms with Gasteiger partial charge in [0.2, 0.25) is 11.8 Å². The zero-order valence-electron chi connectivity index (χ0n) is 15.5. The predicted octanol–water partition coefficient (Wildman–Crippen LogP) is 1.23. The molecule has 1 aliphatic carbocycles. The molecule has 1 aliphatic rings. The zero-order chi connectivity index (χ0) is 19.1. The Morgan fingerprint density at radius 2 is 1.81 bits per heavy atom. The first kappa shape index (κ1) is 19.8. The van der Waals surface area contributed by atoms with Crippen molar-refractivity contribution in [1.29, 1.82) is 0 Å². The van der Waals surface area contributed by atoms with E-state index in [1.54, 1.807) is 24.3 Å². The van der Waals surface area contributed by atoms with E-state index in [4.69, 9.17) is 4.74 Å². The molecular formula is C19H27N3O4. The number of benzene rings is 1. The van der Waals surface area contributed by atoms with Gasteiger partial charge in [-0.25, -0.2) is 0 Å². The van der Waals surface area contributed by atoms with Crippen molar-refractivity contribution in [2.24, 2.45) is 5.92 Å². The maximum atomic E-state index is 12.4. The number of amides is 3. The highest BCUT2D eigenvalue weighted by Crippen LogP contribution is 2.18. The average molecular weight is 361 g/mol. The molecule has 3 N–H and O–H groups in total. The number of nitrogens with one attached hydrogen (secondary N) is 3. The van der Waals surface area contributed by atoms with Crippen LogP contribution in [0, 0.1) is 5.92 Å². The topological polar surface area (TPSA) is 96.5 Å². The van der Waals surface area contributed by atoms with E-state index in [0.717, 1.165) is 12.8 Å². The Morgan fingerprint density at radius 1 is 1.15 bits per heavy atom. The lowest BCUT2D eigenvalue weighted by Crippen LogP contribution is -2.51. The second kappa shape index (κ2) is 9.22. The minimum absolute atomic E-state index is 0.0858. The van der Waals surface area contributed by atoms with Crippen molar-refractivity contribution in [3.05, 3.63) is 29.8 Å². The fourth-order valence-electron chi connectivity index (χ4n) is 2.41. The molecule has 0 heterocycles. The molecule has 26 heavy (non-hydrogen) atoms. The number of carbonyl (C=O) groups excluding carboxylic acids is 3. The Hall–Kier alpha value is -2.57. The Kier molecular flexibility index (Phi) is 7.00. The SMILES string of the molecule is CCOc1ccc(C(=O)N[C@H](C(=O)NCC(=O)NC2CC2)C(C)C)cc1. The van der Waals surface area contributed by atoms with Crippen LogP contribution in [0.2, 0.25) is 0 Å². The van der Waals surface area contributed by atoms with Crippen molar-refractivity contribution in [3.63, 3.8) is 0 Å². The third kappa shape index (κ3) is 6.06. The Bertz CT molecular complexity index is 639. The molecule has 0 radical (unpaired) electrons. The third-order valence-corrected chi connectivity index (χ3v) is 4.03. The van der Waals surface area contributed by atoms with E-state index in [2.05, 4.69) is 16.0 Å². The summed E-state index contributed by atoms with van der Waals surface area (Å²) in [5.41, 5.74) is 0.443. The molecule has 0 aliphatic heterocycles. The van der Waals surface area contributed by atoms with Crippen molar-refractivity contribution in [3.8, 4) is 5.75 Å². The second-order valence-electron chi connectivity index (χ2n) is 6.71. The van der Waals surface area contributed by atoms with Crippen molar-refractivity contribution in [2.45, 2.75) is 45.7 Å². The highest BCUT2D eigenvalue weighted by atomic mass is 16.5. The fourth-order valence-corrected chi connectivity index (χ4v) is 2.41. The van der Waals surface area contributed by atoms with Crippen LogP contribution in [0.4, 0.5) is 0 Å². The van der Waals surface area contributed by atoms with E-state index in [9.17, 15) is 14.4 Å². The fraction of sp³-hybridized carbons (Fsp3) is 0.526. The molecule has 1 aromatic carbocycles. The Balaban J connectivity index is 1.89. The molecule has 0 saturated heterocycles. The molecule has 7 nitrogen and oxygen atoms in total. The van der Waals surface area contributed by atoms with Crippen LogP contribution in [0.25, 0.3) is 0 Å². The molecule has 1 atom stereocenters. The lowest BCUT2D eigenvalue weighted by molar-refractivity contribution is -0.127. The van der Waals surface area contributed by atoms with Gasteiger partial charge in [-0.3, -0.25) is 14.4 Å². The van der Waals surface area contributed by atoms with Gasteiger partial charge >= 0.3 is 0 Å². The van der Waals surface area contributed by atoms with Crippen LogP contribution in [0.5, 0.6) is 5.75 Å². The summed E-state index contributed by atoms with van der Waals surface area (Å²) in [6, 6.07) is 6.26. The smallest absolute Gasteiger partial charge is 0.251 e. The van der Waals surface area contributed by atoms with Gasteiger partial charge in [0.25, 0.3) is 5.91 Å². The van der Waals surface area contributed by atoms with E-state index in [0.29, 0.717) is 17.9 Å². The summed E-state index contributed by atoms with van der Waals surface area (Å²) in [4.78, 5) is 36.5. The van der Waals surface area contributed by atoms with E-state index >= 15 is 0 Å². The maximum absolute atomic E-state index is 12.4. The minimum atomic E-state index is -0.720. The molecular weight excluding hydrogens is 334 g/mol. The first-order valence-corrected chi connectivity index (χ1v) is 9.01. The van der Waals surface area contributed by atoms with Crippen LogP contribution >= 0.6 is 0 Å². The van der Waals surface area contributed by atoms with Gasteiger partial charge in [-0.2, -0.15) is 0 Å². The zero-order valence-corrected chi connectivity index (χ0v) is 15.5. The normalized spacial score (nSPS) is 14.5. The minimum Gasteiger partial charge on any atom is -0.494 e. The van der Waals surface area contributed by atoms with Gasteiger partial charge in [-0.1, -0.05) is 13.8 Å². The van der Waals surface area contributed by atoms with Crippen LogP contribution in [-0.4, -0.2) is 43.0 Å². The second-order valence-corrected chi connectivity index (χ2v) is 6.71. The number of ether oxygens (including phenoxy) is 1. The van der Waals surface area contributed by atoms with Crippen LogP contribution < -0.4 is 20.7 Å². The van der Waals surface area contributed by atoms with Gasteiger partial charge in [-0.05, 0) is 49.9 Å². The Morgan fingerprint density at radius 3 is 2.35 bits per heavy atom. The average Bonchev–Trinajstić information content (AvgIpc) is 3.42. The summed E-state index contributed by atoms with van der Waals surface area (Å²) in [6.45, 7) is 6.03. The van der Waals surface area contributed by atoms with Gasteiger partial charge in [-0.15, -0.1) is 0 Å². The number of hydrogen-bond donors (Lipinski definition) is 3. The molecule has 0 spiro atoms. The molecule has 3 amide bonds. The largest absolute Gasteiger partial charge is 0.494 e. The van der Waals surface area contributed by atoms with Crippen molar-refractivity contribution < 1.29 is 19.1 Å². The quantitative estimate of drug-likeness (QED) is 0.616. The molecule has 1 aromatic rings. The lowest BCUT2D eigenvalue weighted by atomic mass is 10.0. The molecule has 142 valence electrons. The van der Waals surface area contributed by atoms with E-state index in [1.807, 2.05) is 20.8 Å². The van der Waals surface area contributed by atoms with Crippen molar-refractivity contribution >= 4 is 17.7 Å². The molecule has 1 fully saturated rings. The van der Waals surface area contributed by atoms with Gasteiger partial charge in [0.05, 0.1) is 13.2 Å². The van der Waals surface area contributed by atoms with Crippen molar-refractivity contribution in [1.82, 2.24) is 16.0 Å². The first-order chi connectivity index (χ1) is 12.4. The van der Waals surface area contributed by atoms with Gasteiger partial charge in [0.15, 0.2) is 0 Å². The lowest BCUT2D eigenvalue weighted by Gasteiger charge is -2.21. The monoisotopic (exact) mass is 361 g/mol. The van der Waals surface area contributed by atoms with Crippen LogP contribution in [0.1, 0.15) is 44.0 Å². The summed E-state index contributed by atoms with van der Waals surface area (Å²) in [6.07, 6.45) is 1.99. The molecule has 0 bridgehead atoms. The van der Waals surface area contributed by atoms with Crippen molar-refractivity contribution in [2.75, 3.05) is 13.2 Å². The van der Waals surface area contributed by atoms with E-state index < -0.39 is 6.04 Å². The van der Waals surface area contributed by atoms with Gasteiger partial charge < -0.3 is 20.7 Å². The summed E-state index contributed by atoms with van der Waals surface area (Å²) in [5, 5.41) is 8.14. The van der Waals surface area contributed by atoms with Crippen LogP contribution in [0.15, 0.2) is 24.3 Å². The molecule has 0 aromatic heterocycles.